The minimum absolute atomic E-state index is 0.126. The molecule has 0 fully saturated rings. The van der Waals surface area contributed by atoms with Crippen molar-refractivity contribution in [1.29, 1.82) is 0 Å². The molecule has 0 saturated heterocycles. The normalized spacial score (nSPS) is 13.7. The molecule has 0 bridgehead atoms. The van der Waals surface area contributed by atoms with E-state index in [1.54, 1.807) is 6.07 Å². The summed E-state index contributed by atoms with van der Waals surface area (Å²) in [5.41, 5.74) is 3.31. The fourth-order valence-electron chi connectivity index (χ4n) is 2.83. The summed E-state index contributed by atoms with van der Waals surface area (Å²) in [6, 6.07) is 3.22. The molecule has 0 amide bonds. The van der Waals surface area contributed by atoms with Gasteiger partial charge in [-0.15, -0.1) is 0 Å². The van der Waals surface area contributed by atoms with Crippen molar-refractivity contribution in [1.82, 2.24) is 15.5 Å². The van der Waals surface area contributed by atoms with Crippen LogP contribution >= 0.6 is 0 Å². The van der Waals surface area contributed by atoms with Gasteiger partial charge in [-0.25, -0.2) is 0 Å². The van der Waals surface area contributed by atoms with E-state index in [4.69, 9.17) is 9.47 Å². The number of nitro groups is 1. The first kappa shape index (κ1) is 16.3. The monoisotopic (exact) mass is 332 g/mol. The molecule has 0 unspecified atom stereocenters. The molecule has 1 aliphatic rings. The summed E-state index contributed by atoms with van der Waals surface area (Å²) in [5, 5.41) is 22.2. The second kappa shape index (κ2) is 6.48. The van der Waals surface area contributed by atoms with Gasteiger partial charge in [0.15, 0.2) is 5.75 Å². The average molecular weight is 332 g/mol. The van der Waals surface area contributed by atoms with Gasteiger partial charge in [0.05, 0.1) is 23.8 Å². The lowest BCUT2D eigenvalue weighted by Crippen LogP contribution is -2.23. The van der Waals surface area contributed by atoms with Gasteiger partial charge in [0.1, 0.15) is 0 Å². The molecule has 1 aliphatic heterocycles. The second-order valence-corrected chi connectivity index (χ2v) is 5.91. The maximum Gasteiger partial charge on any atom is 0.315 e. The Hall–Kier alpha value is -2.61. The molecule has 2 aromatic rings. The van der Waals surface area contributed by atoms with Gasteiger partial charge < -0.3 is 14.8 Å². The number of aromatic amines is 1. The molecule has 1 aromatic heterocycles. The molecule has 0 atom stereocenters. The number of rotatable bonds is 5. The summed E-state index contributed by atoms with van der Waals surface area (Å²) >= 11 is 0. The molecule has 128 valence electrons. The van der Waals surface area contributed by atoms with Gasteiger partial charge >= 0.3 is 5.69 Å². The van der Waals surface area contributed by atoms with Crippen LogP contribution in [0.25, 0.3) is 11.3 Å². The van der Waals surface area contributed by atoms with E-state index in [9.17, 15) is 10.1 Å². The van der Waals surface area contributed by atoms with Crippen LogP contribution in [0, 0.1) is 10.1 Å². The van der Waals surface area contributed by atoms with E-state index in [0.29, 0.717) is 23.6 Å². The van der Waals surface area contributed by atoms with Crippen LogP contribution in [0.4, 0.5) is 5.69 Å². The van der Waals surface area contributed by atoms with E-state index in [1.807, 2.05) is 13.8 Å². The first-order valence-corrected chi connectivity index (χ1v) is 7.81. The molecule has 1 aromatic carbocycles. The van der Waals surface area contributed by atoms with Crippen LogP contribution in [0.2, 0.25) is 0 Å². The van der Waals surface area contributed by atoms with Gasteiger partial charge in [-0.05, 0) is 19.9 Å². The molecule has 2 heterocycles. The molecule has 0 saturated carbocycles. The molecule has 8 heteroatoms. The number of nitrogens with one attached hydrogen (secondary N) is 2. The average Bonchev–Trinajstić information content (AvgIpc) is 2.98. The Bertz CT molecular complexity index is 770. The summed E-state index contributed by atoms with van der Waals surface area (Å²) in [7, 11) is 1.47. The smallest absolute Gasteiger partial charge is 0.315 e. The Balaban J connectivity index is 2.14. The third-order valence-electron chi connectivity index (χ3n) is 3.89. The van der Waals surface area contributed by atoms with Crippen molar-refractivity contribution in [3.63, 3.8) is 0 Å². The molecule has 0 spiro atoms. The summed E-state index contributed by atoms with van der Waals surface area (Å²) in [6.07, 6.45) is 0.654. The number of hydrogen-bond donors (Lipinski definition) is 2. The van der Waals surface area contributed by atoms with Crippen LogP contribution < -0.4 is 14.8 Å². The third-order valence-corrected chi connectivity index (χ3v) is 3.89. The summed E-state index contributed by atoms with van der Waals surface area (Å²) < 4.78 is 10.9. The third kappa shape index (κ3) is 2.92. The number of nitro benzene ring substituents is 1. The highest BCUT2D eigenvalue weighted by atomic mass is 16.6. The van der Waals surface area contributed by atoms with Crippen molar-refractivity contribution in [2.45, 2.75) is 32.9 Å². The van der Waals surface area contributed by atoms with Crippen molar-refractivity contribution >= 4 is 5.69 Å². The highest BCUT2D eigenvalue weighted by Crippen LogP contribution is 2.42. The van der Waals surface area contributed by atoms with Crippen LogP contribution in [-0.2, 0) is 13.0 Å². The van der Waals surface area contributed by atoms with Crippen molar-refractivity contribution in [3.8, 4) is 22.8 Å². The molecular weight excluding hydrogens is 312 g/mol. The zero-order valence-corrected chi connectivity index (χ0v) is 13.9. The number of ether oxygens (including phenoxy) is 2. The van der Waals surface area contributed by atoms with Crippen LogP contribution in [-0.4, -0.2) is 34.9 Å². The number of methoxy groups -OCH3 is 1. The van der Waals surface area contributed by atoms with Crippen molar-refractivity contribution < 1.29 is 14.4 Å². The standard InChI is InChI=1S/C16H20N4O4/c1-9(2)24-16-13(20(21)22)6-10(7-14(16)23-3)15-11-8-17-5-4-12(11)18-19-15/h6-7,9,17H,4-5,8H2,1-3H3,(H,18,19). The number of H-pyrrole nitrogens is 1. The van der Waals surface area contributed by atoms with Crippen LogP contribution in [0.5, 0.6) is 11.5 Å². The summed E-state index contributed by atoms with van der Waals surface area (Å²) in [4.78, 5) is 11.1. The molecule has 3 rings (SSSR count). The van der Waals surface area contributed by atoms with Crippen molar-refractivity contribution in [2.75, 3.05) is 13.7 Å². The first-order chi connectivity index (χ1) is 11.5. The zero-order valence-electron chi connectivity index (χ0n) is 13.9. The van der Waals surface area contributed by atoms with E-state index >= 15 is 0 Å². The van der Waals surface area contributed by atoms with E-state index in [0.717, 1.165) is 24.2 Å². The maximum atomic E-state index is 11.5. The highest BCUT2D eigenvalue weighted by molar-refractivity contribution is 5.73. The van der Waals surface area contributed by atoms with Gasteiger partial charge in [0.25, 0.3) is 0 Å². The van der Waals surface area contributed by atoms with Gasteiger partial charge in [0, 0.05) is 42.4 Å². The first-order valence-electron chi connectivity index (χ1n) is 7.81. The van der Waals surface area contributed by atoms with E-state index in [-0.39, 0.29) is 17.5 Å². The lowest BCUT2D eigenvalue weighted by molar-refractivity contribution is -0.386. The van der Waals surface area contributed by atoms with Crippen molar-refractivity contribution in [2.24, 2.45) is 0 Å². The SMILES string of the molecule is COc1cc(-c2n[nH]c3c2CNCC3)cc([N+](=O)[O-])c1OC(C)C. The predicted octanol–water partition coefficient (Wildman–Crippen LogP) is 2.43. The fourth-order valence-corrected chi connectivity index (χ4v) is 2.83. The zero-order chi connectivity index (χ0) is 17.3. The van der Waals surface area contributed by atoms with Gasteiger partial charge in [-0.1, -0.05) is 0 Å². The topological polar surface area (TPSA) is 102 Å². The maximum absolute atomic E-state index is 11.5. The Morgan fingerprint density at radius 2 is 2.17 bits per heavy atom. The Kier molecular flexibility index (Phi) is 4.39. The number of benzene rings is 1. The summed E-state index contributed by atoms with van der Waals surface area (Å²) in [5.74, 6) is 0.470. The van der Waals surface area contributed by atoms with Gasteiger partial charge in [0.2, 0.25) is 5.75 Å². The molecular formula is C16H20N4O4. The van der Waals surface area contributed by atoms with Crippen LogP contribution in [0.3, 0.4) is 0 Å². The lowest BCUT2D eigenvalue weighted by atomic mass is 10.0. The van der Waals surface area contributed by atoms with Crippen molar-refractivity contribution in [3.05, 3.63) is 33.5 Å². The molecule has 24 heavy (non-hydrogen) atoms. The minimum Gasteiger partial charge on any atom is -0.493 e. The number of nitrogens with zero attached hydrogens (tertiary/aromatic N) is 2. The van der Waals surface area contributed by atoms with Gasteiger partial charge in [-0.2, -0.15) is 5.10 Å². The minimum atomic E-state index is -0.457. The molecule has 0 radical (unpaired) electrons. The predicted molar refractivity (Wildman–Crippen MR) is 88.4 cm³/mol. The Labute approximate surface area is 139 Å². The summed E-state index contributed by atoms with van der Waals surface area (Å²) in [6.45, 7) is 5.19. The number of aromatic nitrogens is 2. The number of fused-ring (bicyclic) bond motifs is 1. The quantitative estimate of drug-likeness (QED) is 0.644. The van der Waals surface area contributed by atoms with E-state index < -0.39 is 4.92 Å². The molecule has 0 aliphatic carbocycles. The lowest BCUT2D eigenvalue weighted by Gasteiger charge is -2.16. The van der Waals surface area contributed by atoms with E-state index in [2.05, 4.69) is 15.5 Å². The Morgan fingerprint density at radius 3 is 2.83 bits per heavy atom. The van der Waals surface area contributed by atoms with Crippen LogP contribution in [0.15, 0.2) is 12.1 Å². The fraction of sp³-hybridized carbons (Fsp3) is 0.438. The van der Waals surface area contributed by atoms with E-state index in [1.165, 1.54) is 13.2 Å². The Morgan fingerprint density at radius 1 is 1.38 bits per heavy atom. The molecule has 2 N–H and O–H groups in total. The second-order valence-electron chi connectivity index (χ2n) is 5.91. The highest BCUT2D eigenvalue weighted by Gasteiger charge is 2.26. The number of hydrogen-bond acceptors (Lipinski definition) is 6. The van der Waals surface area contributed by atoms with Gasteiger partial charge in [-0.3, -0.25) is 15.2 Å². The molecule has 8 nitrogen and oxygen atoms in total. The van der Waals surface area contributed by atoms with Crippen LogP contribution in [0.1, 0.15) is 25.1 Å². The largest absolute Gasteiger partial charge is 0.493 e.